The molecule has 0 bridgehead atoms. The van der Waals surface area contributed by atoms with Gasteiger partial charge < -0.3 is 10.6 Å². The zero-order chi connectivity index (χ0) is 13.1. The van der Waals surface area contributed by atoms with Gasteiger partial charge in [0.05, 0.1) is 6.04 Å². The van der Waals surface area contributed by atoms with Crippen molar-refractivity contribution in [3.05, 3.63) is 34.3 Å². The summed E-state index contributed by atoms with van der Waals surface area (Å²) in [6.45, 7) is 3.10. The summed E-state index contributed by atoms with van der Waals surface area (Å²) in [5.74, 6) is 0.708. The second-order valence-corrected chi connectivity index (χ2v) is 6.20. The van der Waals surface area contributed by atoms with Crippen LogP contribution in [-0.2, 0) is 0 Å². The molecule has 1 unspecified atom stereocenters. The van der Waals surface area contributed by atoms with Gasteiger partial charge in [-0.3, -0.25) is 0 Å². The normalized spacial score (nSPS) is 16.3. The maximum absolute atomic E-state index is 5.90. The van der Waals surface area contributed by atoms with Crippen LogP contribution < -0.4 is 5.73 Å². The molecule has 2 rings (SSSR count). The predicted octanol–water partition coefficient (Wildman–Crippen LogP) is 3.86. The lowest BCUT2D eigenvalue weighted by Crippen LogP contribution is -2.40. The van der Waals surface area contributed by atoms with Gasteiger partial charge in [-0.25, -0.2) is 0 Å². The molecule has 0 saturated heterocycles. The number of benzene rings is 1. The first-order valence-corrected chi connectivity index (χ1v) is 7.65. The fraction of sp³-hybridized carbons (Fsp3) is 0.500. The molecule has 2 N–H and O–H groups in total. The van der Waals surface area contributed by atoms with Crippen LogP contribution in [0.3, 0.4) is 0 Å². The van der Waals surface area contributed by atoms with E-state index in [0.717, 1.165) is 17.4 Å². The third-order valence-electron chi connectivity index (χ3n) is 3.36. The number of halogens is 1. The fourth-order valence-electron chi connectivity index (χ4n) is 2.41. The van der Waals surface area contributed by atoms with Gasteiger partial charge in [0, 0.05) is 11.0 Å². The second kappa shape index (κ2) is 6.02. The van der Waals surface area contributed by atoms with Crippen molar-refractivity contribution < 1.29 is 0 Å². The standard InChI is InChI=1S/C14H19BrN2S/c1-2-9-17(14(16)18)13(10-3-4-10)11-5-7-12(15)8-6-11/h5-8,10,13H,2-4,9H2,1H3,(H2,16,18). The first-order chi connectivity index (χ1) is 8.63. The van der Waals surface area contributed by atoms with E-state index in [1.54, 1.807) is 0 Å². The molecule has 0 amide bonds. The summed E-state index contributed by atoms with van der Waals surface area (Å²) in [5, 5.41) is 0.525. The van der Waals surface area contributed by atoms with E-state index in [4.69, 9.17) is 18.0 Å². The first kappa shape index (κ1) is 13.8. The van der Waals surface area contributed by atoms with Crippen molar-refractivity contribution in [3.8, 4) is 0 Å². The maximum Gasteiger partial charge on any atom is 0.166 e. The molecule has 1 atom stereocenters. The zero-order valence-corrected chi connectivity index (χ0v) is 13.0. The zero-order valence-electron chi connectivity index (χ0n) is 10.6. The SMILES string of the molecule is CCCN(C(N)=S)C(c1ccc(Br)cc1)C1CC1. The summed E-state index contributed by atoms with van der Waals surface area (Å²) in [6.07, 6.45) is 3.63. The molecule has 0 heterocycles. The summed E-state index contributed by atoms with van der Waals surface area (Å²) in [6, 6.07) is 8.89. The van der Waals surface area contributed by atoms with Crippen LogP contribution in [0, 0.1) is 5.92 Å². The highest BCUT2D eigenvalue weighted by Crippen LogP contribution is 2.44. The Morgan fingerprint density at radius 2 is 2.06 bits per heavy atom. The van der Waals surface area contributed by atoms with Crippen molar-refractivity contribution in [2.45, 2.75) is 32.2 Å². The summed E-state index contributed by atoms with van der Waals surface area (Å²) >= 11 is 8.71. The average molecular weight is 327 g/mol. The van der Waals surface area contributed by atoms with E-state index in [9.17, 15) is 0 Å². The van der Waals surface area contributed by atoms with E-state index in [1.807, 2.05) is 0 Å². The third kappa shape index (κ3) is 3.23. The molecule has 98 valence electrons. The average Bonchev–Trinajstić information content (AvgIpc) is 3.15. The van der Waals surface area contributed by atoms with E-state index in [2.05, 4.69) is 52.0 Å². The molecule has 0 spiro atoms. The first-order valence-electron chi connectivity index (χ1n) is 6.45. The van der Waals surface area contributed by atoms with Crippen LogP contribution in [0.2, 0.25) is 0 Å². The van der Waals surface area contributed by atoms with Crippen LogP contribution in [0.25, 0.3) is 0 Å². The topological polar surface area (TPSA) is 29.3 Å². The van der Waals surface area contributed by atoms with Gasteiger partial charge >= 0.3 is 0 Å². The van der Waals surface area contributed by atoms with E-state index in [0.29, 0.717) is 17.1 Å². The van der Waals surface area contributed by atoms with Gasteiger partial charge in [0.2, 0.25) is 0 Å². The van der Waals surface area contributed by atoms with E-state index >= 15 is 0 Å². The van der Waals surface area contributed by atoms with Crippen molar-refractivity contribution in [2.75, 3.05) is 6.54 Å². The van der Waals surface area contributed by atoms with Gasteiger partial charge in [-0.15, -0.1) is 0 Å². The van der Waals surface area contributed by atoms with Crippen molar-refractivity contribution in [3.63, 3.8) is 0 Å². The monoisotopic (exact) mass is 326 g/mol. The largest absolute Gasteiger partial charge is 0.376 e. The molecule has 0 aromatic heterocycles. The molecule has 1 aliphatic carbocycles. The predicted molar refractivity (Wildman–Crippen MR) is 83.4 cm³/mol. The van der Waals surface area contributed by atoms with Crippen LogP contribution in [0.1, 0.15) is 37.8 Å². The molecule has 1 aliphatic rings. The number of nitrogens with zero attached hydrogens (tertiary/aromatic N) is 1. The van der Waals surface area contributed by atoms with E-state index in [-0.39, 0.29) is 0 Å². The molecule has 1 fully saturated rings. The Morgan fingerprint density at radius 1 is 1.44 bits per heavy atom. The summed E-state index contributed by atoms with van der Waals surface area (Å²) in [7, 11) is 0. The Balaban J connectivity index is 2.26. The Hall–Kier alpha value is -0.610. The minimum atomic E-state index is 0.357. The molecule has 2 nitrogen and oxygen atoms in total. The second-order valence-electron chi connectivity index (χ2n) is 4.87. The smallest absolute Gasteiger partial charge is 0.166 e. The van der Waals surface area contributed by atoms with Gasteiger partial charge in [0.25, 0.3) is 0 Å². The molecule has 1 saturated carbocycles. The molecule has 18 heavy (non-hydrogen) atoms. The van der Waals surface area contributed by atoms with E-state index < -0.39 is 0 Å². The van der Waals surface area contributed by atoms with Crippen molar-refractivity contribution in [1.29, 1.82) is 0 Å². The van der Waals surface area contributed by atoms with Crippen LogP contribution >= 0.6 is 28.1 Å². The summed E-state index contributed by atoms with van der Waals surface area (Å²) in [5.41, 5.74) is 7.23. The Morgan fingerprint density at radius 3 is 2.50 bits per heavy atom. The van der Waals surface area contributed by atoms with Gasteiger partial charge in [-0.1, -0.05) is 35.0 Å². The molecular formula is C14H19BrN2S. The quantitative estimate of drug-likeness (QED) is 0.833. The minimum absolute atomic E-state index is 0.357. The minimum Gasteiger partial charge on any atom is -0.376 e. The third-order valence-corrected chi connectivity index (χ3v) is 4.13. The molecule has 1 aromatic rings. The molecular weight excluding hydrogens is 308 g/mol. The Bertz CT molecular complexity index is 414. The number of hydrogen-bond donors (Lipinski definition) is 1. The van der Waals surface area contributed by atoms with Gasteiger partial charge in [0.1, 0.15) is 0 Å². The number of thiocarbonyl (C=S) groups is 1. The highest BCUT2D eigenvalue weighted by molar-refractivity contribution is 9.10. The highest BCUT2D eigenvalue weighted by atomic mass is 79.9. The van der Waals surface area contributed by atoms with Crippen molar-refractivity contribution >= 4 is 33.3 Å². The van der Waals surface area contributed by atoms with Crippen molar-refractivity contribution in [1.82, 2.24) is 4.90 Å². The Labute approximate surface area is 123 Å². The lowest BCUT2D eigenvalue weighted by atomic mass is 10.0. The van der Waals surface area contributed by atoms with Gasteiger partial charge in [0.15, 0.2) is 5.11 Å². The van der Waals surface area contributed by atoms with Crippen LogP contribution in [-0.4, -0.2) is 16.6 Å². The highest BCUT2D eigenvalue weighted by Gasteiger charge is 2.36. The number of hydrogen-bond acceptors (Lipinski definition) is 1. The lowest BCUT2D eigenvalue weighted by Gasteiger charge is -2.32. The summed E-state index contributed by atoms with van der Waals surface area (Å²) in [4.78, 5) is 2.19. The lowest BCUT2D eigenvalue weighted by molar-refractivity contribution is 0.288. The van der Waals surface area contributed by atoms with Crippen LogP contribution in [0.15, 0.2) is 28.7 Å². The molecule has 1 aromatic carbocycles. The maximum atomic E-state index is 5.90. The van der Waals surface area contributed by atoms with Gasteiger partial charge in [-0.2, -0.15) is 0 Å². The molecule has 4 heteroatoms. The van der Waals surface area contributed by atoms with Crippen molar-refractivity contribution in [2.24, 2.45) is 11.7 Å². The van der Waals surface area contributed by atoms with Crippen LogP contribution in [0.4, 0.5) is 0 Å². The van der Waals surface area contributed by atoms with Crippen LogP contribution in [0.5, 0.6) is 0 Å². The summed E-state index contributed by atoms with van der Waals surface area (Å²) < 4.78 is 1.11. The van der Waals surface area contributed by atoms with E-state index in [1.165, 1.54) is 18.4 Å². The molecule has 0 radical (unpaired) electrons. The number of rotatable bonds is 5. The molecule has 0 aliphatic heterocycles. The fourth-order valence-corrected chi connectivity index (χ4v) is 2.87. The number of nitrogens with two attached hydrogens (primary N) is 1. The van der Waals surface area contributed by atoms with Gasteiger partial charge in [-0.05, 0) is 55.1 Å². The Kier molecular flexibility index (Phi) is 4.62.